The molecule has 0 spiro atoms. The quantitative estimate of drug-likeness (QED) is 0.483. The molecule has 4 heterocycles. The number of hydrogen-bond acceptors (Lipinski definition) is 8. The fraction of sp³-hybridized carbons (Fsp3) is 0.476. The van der Waals surface area contributed by atoms with Crippen LogP contribution in [0.4, 0.5) is 19.1 Å². The molecular formula is C21H21ClF3N7O3. The molecule has 5 rings (SSSR count). The van der Waals surface area contributed by atoms with E-state index in [-0.39, 0.29) is 41.8 Å². The summed E-state index contributed by atoms with van der Waals surface area (Å²) in [5, 5.41) is 11.8. The van der Waals surface area contributed by atoms with Crippen LogP contribution in [0.25, 0.3) is 5.65 Å². The summed E-state index contributed by atoms with van der Waals surface area (Å²) in [5.41, 5.74) is 4.95. The minimum absolute atomic E-state index is 0.0366. The molecule has 3 aromatic heterocycles. The van der Waals surface area contributed by atoms with Crippen molar-refractivity contribution in [1.29, 1.82) is 0 Å². The molecule has 10 nitrogen and oxygen atoms in total. The Morgan fingerprint density at radius 2 is 2.06 bits per heavy atom. The van der Waals surface area contributed by atoms with Gasteiger partial charge in [0.2, 0.25) is 17.7 Å². The number of nitrogens with two attached hydrogens (primary N) is 1. The monoisotopic (exact) mass is 511 g/mol. The van der Waals surface area contributed by atoms with Gasteiger partial charge >= 0.3 is 6.18 Å². The number of ether oxygens (including phenoxy) is 2. The lowest BCUT2D eigenvalue weighted by Crippen LogP contribution is -2.39. The second-order valence-corrected chi connectivity index (χ2v) is 8.96. The Labute approximate surface area is 202 Å². The van der Waals surface area contributed by atoms with Crippen molar-refractivity contribution in [1.82, 2.24) is 24.6 Å². The van der Waals surface area contributed by atoms with E-state index in [1.165, 1.54) is 12.1 Å². The molecule has 2 fully saturated rings. The molecular weight excluding hydrogens is 491 g/mol. The highest BCUT2D eigenvalue weighted by Gasteiger charge is 2.38. The van der Waals surface area contributed by atoms with Crippen LogP contribution in [0, 0.1) is 0 Å². The largest absolute Gasteiger partial charge is 0.469 e. The summed E-state index contributed by atoms with van der Waals surface area (Å²) in [7, 11) is 0. The molecule has 1 amide bonds. The van der Waals surface area contributed by atoms with Crippen LogP contribution in [0.3, 0.4) is 0 Å². The van der Waals surface area contributed by atoms with E-state index < -0.39 is 29.6 Å². The van der Waals surface area contributed by atoms with E-state index in [1.807, 2.05) is 0 Å². The van der Waals surface area contributed by atoms with E-state index in [2.05, 4.69) is 25.5 Å². The number of fused-ring (bicyclic) bond motifs is 1. The minimum atomic E-state index is -4.64. The zero-order valence-electron chi connectivity index (χ0n) is 18.3. The first-order valence-corrected chi connectivity index (χ1v) is 11.4. The van der Waals surface area contributed by atoms with Crippen molar-refractivity contribution in [2.75, 3.05) is 18.5 Å². The summed E-state index contributed by atoms with van der Waals surface area (Å²) in [5.74, 6) is -0.490. The molecule has 0 radical (unpaired) electrons. The van der Waals surface area contributed by atoms with Gasteiger partial charge in [-0.2, -0.15) is 18.2 Å². The normalized spacial score (nSPS) is 21.0. The molecule has 35 heavy (non-hydrogen) atoms. The molecule has 0 unspecified atom stereocenters. The number of anilines is 1. The van der Waals surface area contributed by atoms with Gasteiger partial charge in [-0.1, -0.05) is 18.0 Å². The maximum atomic E-state index is 13.4. The number of aromatic nitrogens is 5. The summed E-state index contributed by atoms with van der Waals surface area (Å²) in [4.78, 5) is 19.4. The van der Waals surface area contributed by atoms with E-state index in [9.17, 15) is 18.0 Å². The fourth-order valence-corrected chi connectivity index (χ4v) is 4.59. The van der Waals surface area contributed by atoms with Crippen LogP contribution in [-0.2, 0) is 10.9 Å². The molecule has 0 bridgehead atoms. The lowest BCUT2D eigenvalue weighted by molar-refractivity contribution is -0.142. The van der Waals surface area contributed by atoms with Crippen molar-refractivity contribution in [3.8, 4) is 5.88 Å². The van der Waals surface area contributed by atoms with Gasteiger partial charge in [-0.15, -0.1) is 10.2 Å². The molecule has 1 aliphatic heterocycles. The standard InChI is InChI=1S/C21H21ClF3N7O3/c22-15-5-11(17(26)33)6-16-30-31-18(32(15)16)10-2-1-3-12(4-10)28-20-27-7-14(21(23,24)25)19(29-20)35-13-8-34-9-13/h5-7,10,12-13H,1-4,8-9H2,(H2,26,33)(H,27,28,29)/t10-,12+/m0/s1. The predicted molar refractivity (Wildman–Crippen MR) is 117 cm³/mol. The number of rotatable bonds is 6. The summed E-state index contributed by atoms with van der Waals surface area (Å²) in [6, 6.07) is 2.86. The second-order valence-electron chi connectivity index (χ2n) is 8.58. The van der Waals surface area contributed by atoms with E-state index in [4.69, 9.17) is 26.8 Å². The molecule has 3 N–H and O–H groups in total. The van der Waals surface area contributed by atoms with Gasteiger partial charge in [0.05, 0.1) is 13.2 Å². The number of pyridine rings is 1. The molecule has 0 aromatic carbocycles. The Morgan fingerprint density at radius 1 is 1.26 bits per heavy atom. The number of halogens is 4. The van der Waals surface area contributed by atoms with Gasteiger partial charge in [0, 0.05) is 23.7 Å². The zero-order valence-corrected chi connectivity index (χ0v) is 19.0. The number of carbonyl (C=O) groups excluding carboxylic acids is 1. The summed E-state index contributed by atoms with van der Waals surface area (Å²) >= 11 is 6.39. The number of alkyl halides is 3. The van der Waals surface area contributed by atoms with E-state index in [0.717, 1.165) is 25.5 Å². The third kappa shape index (κ3) is 4.82. The van der Waals surface area contributed by atoms with Gasteiger partial charge in [-0.05, 0) is 31.4 Å². The summed E-state index contributed by atoms with van der Waals surface area (Å²) in [6.45, 7) is 0.425. The highest BCUT2D eigenvalue weighted by molar-refractivity contribution is 6.30. The number of primary amides is 1. The molecule has 1 saturated heterocycles. The lowest BCUT2D eigenvalue weighted by atomic mass is 9.85. The smallest absolute Gasteiger partial charge is 0.423 e. The lowest BCUT2D eigenvalue weighted by Gasteiger charge is -2.30. The number of carbonyl (C=O) groups is 1. The van der Waals surface area contributed by atoms with Crippen LogP contribution in [0.5, 0.6) is 5.88 Å². The van der Waals surface area contributed by atoms with E-state index in [1.54, 1.807) is 4.40 Å². The molecule has 2 aliphatic rings. The third-order valence-electron chi connectivity index (χ3n) is 6.09. The molecule has 14 heteroatoms. The number of hydrogen-bond donors (Lipinski definition) is 2. The maximum Gasteiger partial charge on any atom is 0.423 e. The van der Waals surface area contributed by atoms with Crippen molar-refractivity contribution >= 4 is 29.1 Å². The first-order valence-electron chi connectivity index (χ1n) is 11.0. The molecule has 1 saturated carbocycles. The molecule has 3 aromatic rings. The highest BCUT2D eigenvalue weighted by Crippen LogP contribution is 2.37. The fourth-order valence-electron chi connectivity index (χ4n) is 4.30. The van der Waals surface area contributed by atoms with Crippen molar-refractivity contribution in [3.05, 3.63) is 40.4 Å². The Bertz CT molecular complexity index is 1260. The number of amides is 1. The minimum Gasteiger partial charge on any atom is -0.469 e. The maximum absolute atomic E-state index is 13.4. The van der Waals surface area contributed by atoms with Gasteiger partial charge < -0.3 is 20.5 Å². The highest BCUT2D eigenvalue weighted by atomic mass is 35.5. The van der Waals surface area contributed by atoms with Gasteiger partial charge in [0.15, 0.2) is 5.65 Å². The summed E-state index contributed by atoms with van der Waals surface area (Å²) < 4.78 is 52.2. The second kappa shape index (κ2) is 9.11. The van der Waals surface area contributed by atoms with Crippen LogP contribution < -0.4 is 15.8 Å². The van der Waals surface area contributed by atoms with Crippen LogP contribution in [0.1, 0.15) is 53.3 Å². The van der Waals surface area contributed by atoms with E-state index in [0.29, 0.717) is 17.9 Å². The van der Waals surface area contributed by atoms with Gasteiger partial charge in [-0.25, -0.2) is 4.98 Å². The zero-order chi connectivity index (χ0) is 24.7. The van der Waals surface area contributed by atoms with Crippen molar-refractivity contribution in [3.63, 3.8) is 0 Å². The van der Waals surface area contributed by atoms with Crippen molar-refractivity contribution < 1.29 is 27.4 Å². The van der Waals surface area contributed by atoms with Gasteiger partial charge in [0.1, 0.15) is 22.6 Å². The Hall–Kier alpha value is -3.19. The van der Waals surface area contributed by atoms with Crippen molar-refractivity contribution in [2.24, 2.45) is 5.73 Å². The van der Waals surface area contributed by atoms with Crippen LogP contribution in [0.2, 0.25) is 5.15 Å². The molecule has 186 valence electrons. The average Bonchev–Trinajstić information content (AvgIpc) is 3.20. The Morgan fingerprint density at radius 3 is 2.74 bits per heavy atom. The van der Waals surface area contributed by atoms with Crippen LogP contribution in [0.15, 0.2) is 18.3 Å². The summed E-state index contributed by atoms with van der Waals surface area (Å²) in [6.07, 6.45) is -1.37. The third-order valence-corrected chi connectivity index (χ3v) is 6.37. The van der Waals surface area contributed by atoms with Crippen LogP contribution in [-0.4, -0.2) is 55.8 Å². The van der Waals surface area contributed by atoms with Gasteiger partial charge in [0.25, 0.3) is 0 Å². The first kappa shape index (κ1) is 23.5. The Kier molecular flexibility index (Phi) is 6.13. The predicted octanol–water partition coefficient (Wildman–Crippen LogP) is 3.21. The Balaban J connectivity index is 1.35. The molecule has 2 atom stereocenters. The van der Waals surface area contributed by atoms with Crippen molar-refractivity contribution in [2.45, 2.75) is 49.9 Å². The van der Waals surface area contributed by atoms with E-state index >= 15 is 0 Å². The average molecular weight is 512 g/mol. The topological polar surface area (TPSA) is 130 Å². The number of nitrogens with zero attached hydrogens (tertiary/aromatic N) is 5. The molecule has 1 aliphatic carbocycles. The SMILES string of the molecule is NC(=O)c1cc(Cl)n2c([C@H]3CCC[C@@H](Nc4ncc(C(F)(F)F)c(OC5COC5)n4)C3)nnc2c1. The van der Waals surface area contributed by atoms with Crippen LogP contribution >= 0.6 is 11.6 Å². The van der Waals surface area contributed by atoms with Gasteiger partial charge in [-0.3, -0.25) is 9.20 Å². The number of nitrogens with one attached hydrogen (secondary N) is 1. The first-order chi connectivity index (χ1) is 16.7.